The van der Waals surface area contributed by atoms with Gasteiger partial charge in [-0.2, -0.15) is 0 Å². The second-order valence-corrected chi connectivity index (χ2v) is 14.6. The summed E-state index contributed by atoms with van der Waals surface area (Å²) in [7, 11) is 8.11. The number of non-ortho nitro benzene ring substituents is 2. The molecule has 0 unspecified atom stereocenters. The molecule has 0 fully saturated rings. The zero-order chi connectivity index (χ0) is 40.8. The lowest BCUT2D eigenvalue weighted by Crippen LogP contribution is -2.10. The highest BCUT2D eigenvalue weighted by molar-refractivity contribution is 5.81. The van der Waals surface area contributed by atoms with Gasteiger partial charge >= 0.3 is 0 Å². The van der Waals surface area contributed by atoms with E-state index in [4.69, 9.17) is 0 Å². The van der Waals surface area contributed by atoms with Gasteiger partial charge in [-0.3, -0.25) is 20.2 Å². The van der Waals surface area contributed by atoms with Crippen molar-refractivity contribution >= 4 is 33.9 Å². The topological polar surface area (TPSA) is 92.8 Å². The molecule has 0 N–H and O–H groups in total. The van der Waals surface area contributed by atoms with E-state index < -0.39 is 9.85 Å². The van der Waals surface area contributed by atoms with E-state index in [1.165, 1.54) is 24.3 Å². The first-order valence-electron chi connectivity index (χ1n) is 19.1. The summed E-state index contributed by atoms with van der Waals surface area (Å²) < 4.78 is 0. The molecule has 0 saturated carbocycles. The Morgan fingerprint density at radius 3 is 0.931 bits per heavy atom. The van der Waals surface area contributed by atoms with E-state index in [1.807, 2.05) is 28.2 Å². The minimum absolute atomic E-state index is 0.0497. The Kier molecular flexibility index (Phi) is 11.4. The Morgan fingerprint density at radius 1 is 0.431 bits per heavy atom. The summed E-state index contributed by atoms with van der Waals surface area (Å²) >= 11 is 0. The Hall–Kier alpha value is -7.52. The Balaban J connectivity index is 1.54. The predicted octanol–water partition coefficient (Wildman–Crippen LogP) is 7.76. The number of rotatable bonds is 8. The lowest BCUT2D eigenvalue weighted by molar-refractivity contribution is -0.385. The SMILES string of the molecule is CN(C)c1ccc(C(c2ccc(N(C)C)cc2)=c2c#cc3c(c#cc(=C(c4ccc([N+](=O)[O-])cc4)c4ccc([N+](=O)[O-])cc4)c#cc4c(c#c2)CCC4)CCC3)cc1. The Labute approximate surface area is 340 Å². The van der Waals surface area contributed by atoms with Crippen molar-refractivity contribution in [1.82, 2.24) is 0 Å². The molecule has 0 bridgehead atoms. The fourth-order valence-electron chi connectivity index (χ4n) is 7.17. The molecule has 0 saturated heterocycles. The fraction of sp³-hybridized carbons (Fsp3) is 0.200. The van der Waals surface area contributed by atoms with Crippen molar-refractivity contribution < 1.29 is 9.85 Å². The molecule has 0 aromatic heterocycles. The summed E-state index contributed by atoms with van der Waals surface area (Å²) in [6.45, 7) is 0. The van der Waals surface area contributed by atoms with Crippen LogP contribution in [0.3, 0.4) is 0 Å². The van der Waals surface area contributed by atoms with Crippen LogP contribution in [0.15, 0.2) is 97.1 Å². The van der Waals surface area contributed by atoms with Crippen molar-refractivity contribution in [3.05, 3.63) is 221 Å². The zero-order valence-corrected chi connectivity index (χ0v) is 32.9. The van der Waals surface area contributed by atoms with Crippen molar-refractivity contribution in [1.29, 1.82) is 0 Å². The van der Waals surface area contributed by atoms with Gasteiger partial charge < -0.3 is 9.80 Å². The molecular weight excluding hydrogens is 721 g/mol. The van der Waals surface area contributed by atoms with Gasteiger partial charge in [0.05, 0.1) is 20.3 Å². The highest BCUT2D eigenvalue weighted by atomic mass is 16.6. The van der Waals surface area contributed by atoms with Crippen molar-refractivity contribution in [2.45, 2.75) is 38.5 Å². The largest absolute Gasteiger partial charge is 0.378 e. The third-order valence-corrected chi connectivity index (χ3v) is 10.4. The van der Waals surface area contributed by atoms with Gasteiger partial charge in [0.1, 0.15) is 0 Å². The van der Waals surface area contributed by atoms with Gasteiger partial charge in [0, 0.05) is 97.2 Å². The molecule has 58 heavy (non-hydrogen) atoms. The van der Waals surface area contributed by atoms with Crippen LogP contribution in [0, 0.1) is 68.8 Å². The monoisotopic (exact) mass is 760 g/mol. The minimum atomic E-state index is -0.445. The molecule has 5 aromatic rings. The van der Waals surface area contributed by atoms with E-state index in [0.29, 0.717) is 21.9 Å². The standard InChI is InChI=1S/C50H40N4O4/c1-51(2)45-27-19-41(20-28-45)49(42-21-29-46(30-22-42)52(3)4)39-15-11-35-7-5-9-37(35)13-17-40(18-14-38-10-6-8-36(38)12-16-39)50(43-23-31-47(32-24-43)53(55)56)44-25-33-48(34-26-44)54(57)58/h19-34H,5-10H2,1-4H3. The average molecular weight is 761 g/mol. The lowest BCUT2D eigenvalue weighted by Gasteiger charge is -2.15. The predicted molar refractivity (Wildman–Crippen MR) is 227 cm³/mol. The molecule has 8 nitrogen and oxygen atoms in total. The van der Waals surface area contributed by atoms with Gasteiger partial charge in [0.15, 0.2) is 0 Å². The summed E-state index contributed by atoms with van der Waals surface area (Å²) in [4.78, 5) is 26.4. The maximum Gasteiger partial charge on any atom is 0.269 e. The van der Waals surface area contributed by atoms with Crippen molar-refractivity contribution in [3.8, 4) is 0 Å². The molecule has 0 heterocycles. The normalized spacial score (nSPS) is 11.8. The Bertz CT molecular complexity index is 2420. The molecule has 0 aliphatic heterocycles. The first-order valence-corrected chi connectivity index (χ1v) is 19.1. The zero-order valence-electron chi connectivity index (χ0n) is 32.9. The number of nitro benzene ring substituents is 2. The van der Waals surface area contributed by atoms with Crippen molar-refractivity contribution in [2.75, 3.05) is 38.0 Å². The summed E-state index contributed by atoms with van der Waals surface area (Å²) in [5.41, 5.74) is 10.8. The second kappa shape index (κ2) is 17.1. The average Bonchev–Trinajstić information content (AvgIpc) is 3.89. The molecule has 0 radical (unpaired) electrons. The van der Waals surface area contributed by atoms with Crippen LogP contribution in [0.4, 0.5) is 22.7 Å². The molecule has 5 aromatic carbocycles. The molecule has 8 heteroatoms. The molecule has 0 atom stereocenters. The molecule has 7 rings (SSSR count). The fourth-order valence-corrected chi connectivity index (χ4v) is 7.17. The molecule has 2 aliphatic carbocycles. The van der Waals surface area contributed by atoms with Crippen LogP contribution < -0.4 is 20.2 Å². The van der Waals surface area contributed by atoms with Crippen LogP contribution in [0.1, 0.15) is 57.3 Å². The van der Waals surface area contributed by atoms with Gasteiger partial charge in [-0.15, -0.1) is 0 Å². The summed E-state index contributed by atoms with van der Waals surface area (Å²) in [5, 5.41) is 24.3. The number of hydrogen-bond acceptors (Lipinski definition) is 6. The van der Waals surface area contributed by atoms with Crippen molar-refractivity contribution in [2.24, 2.45) is 0 Å². The van der Waals surface area contributed by atoms with Gasteiger partial charge in [-0.1, -0.05) is 72.8 Å². The van der Waals surface area contributed by atoms with Crippen LogP contribution >= 0.6 is 0 Å². The van der Waals surface area contributed by atoms with Crippen molar-refractivity contribution in [3.63, 3.8) is 0 Å². The highest BCUT2D eigenvalue weighted by Gasteiger charge is 2.14. The van der Waals surface area contributed by atoms with Gasteiger partial charge in [0.25, 0.3) is 11.4 Å². The number of hydrogen-bond donors (Lipinski definition) is 0. The molecule has 284 valence electrons. The quantitative estimate of drug-likeness (QED) is 0.119. The van der Waals surface area contributed by atoms with E-state index in [1.54, 1.807) is 24.3 Å². The molecule has 2 aliphatic rings. The lowest BCUT2D eigenvalue weighted by atomic mass is 9.95. The highest BCUT2D eigenvalue weighted by Crippen LogP contribution is 2.27. The van der Waals surface area contributed by atoms with Crippen LogP contribution in [-0.2, 0) is 25.7 Å². The van der Waals surface area contributed by atoms with Gasteiger partial charge in [0.2, 0.25) is 0 Å². The molecule has 0 spiro atoms. The van der Waals surface area contributed by atoms with Crippen LogP contribution in [0.2, 0.25) is 0 Å². The van der Waals surface area contributed by atoms with E-state index in [0.717, 1.165) is 94.1 Å². The van der Waals surface area contributed by atoms with Crippen LogP contribution in [0.25, 0.3) is 11.1 Å². The van der Waals surface area contributed by atoms with E-state index >= 15 is 0 Å². The summed E-state index contributed by atoms with van der Waals surface area (Å²) in [6, 6.07) is 57.2. The van der Waals surface area contributed by atoms with Gasteiger partial charge in [-0.05, 0) is 109 Å². The second-order valence-electron chi connectivity index (χ2n) is 14.6. The van der Waals surface area contributed by atoms with Crippen LogP contribution in [-0.4, -0.2) is 38.0 Å². The maximum absolute atomic E-state index is 11.6. The first kappa shape index (κ1) is 38.7. The third kappa shape index (κ3) is 8.64. The summed E-state index contributed by atoms with van der Waals surface area (Å²) in [6.07, 6.45) is 4.88. The third-order valence-electron chi connectivity index (χ3n) is 10.4. The smallest absolute Gasteiger partial charge is 0.269 e. The number of nitro groups is 2. The number of anilines is 2. The van der Waals surface area contributed by atoms with Gasteiger partial charge in [-0.25, -0.2) is 0 Å². The molecule has 0 amide bonds. The van der Waals surface area contributed by atoms with E-state index in [9.17, 15) is 20.2 Å². The van der Waals surface area contributed by atoms with E-state index in [2.05, 4.69) is 107 Å². The summed E-state index contributed by atoms with van der Waals surface area (Å²) in [5.74, 6) is 0. The van der Waals surface area contributed by atoms with Crippen LogP contribution in [0.5, 0.6) is 0 Å². The van der Waals surface area contributed by atoms with E-state index in [-0.39, 0.29) is 11.4 Å². The number of fused-ring (bicyclic) bond motifs is 2. The Morgan fingerprint density at radius 2 is 0.690 bits per heavy atom. The number of nitrogens with zero attached hydrogens (tertiary/aromatic N) is 4. The first-order chi connectivity index (χ1) is 28.0. The molecular formula is C50H40N4O4. The minimum Gasteiger partial charge on any atom is -0.378 e. The maximum atomic E-state index is 11.6. The number of benzene rings is 4.